The van der Waals surface area contributed by atoms with Crippen LogP contribution in [-0.4, -0.2) is 14.3 Å². The molecule has 0 radical (unpaired) electrons. The Morgan fingerprint density at radius 3 is 2.24 bits per heavy atom. The third-order valence-electron chi connectivity index (χ3n) is 4.09. The molecular formula is C21H18ClFN2O3S. The molecule has 3 aromatic rings. The fourth-order valence-electron chi connectivity index (χ4n) is 2.85. The van der Waals surface area contributed by atoms with Gasteiger partial charge in [0.2, 0.25) is 0 Å². The Kier molecular flexibility index (Phi) is 5.91. The van der Waals surface area contributed by atoms with Crippen LogP contribution in [0.15, 0.2) is 65.6 Å². The minimum absolute atomic E-state index is 0.153. The van der Waals surface area contributed by atoms with Crippen molar-refractivity contribution in [2.75, 3.05) is 10.0 Å². The van der Waals surface area contributed by atoms with Crippen molar-refractivity contribution in [1.82, 2.24) is 0 Å². The lowest BCUT2D eigenvalue weighted by atomic mass is 10.1. The zero-order valence-electron chi connectivity index (χ0n) is 15.7. The lowest BCUT2D eigenvalue weighted by Crippen LogP contribution is -2.16. The summed E-state index contributed by atoms with van der Waals surface area (Å²) < 4.78 is 42.1. The van der Waals surface area contributed by atoms with Gasteiger partial charge in [0.15, 0.2) is 0 Å². The number of carbonyl (C=O) groups excluding carboxylic acids is 1. The SMILES string of the molecule is Cc1cc(C)cc(NS(=O)(=O)c2ccc(NC(=O)c3ccccc3Cl)c(F)c2)c1. The van der Waals surface area contributed by atoms with Gasteiger partial charge in [-0.2, -0.15) is 0 Å². The molecule has 3 rings (SSSR count). The molecule has 2 N–H and O–H groups in total. The molecule has 0 heterocycles. The smallest absolute Gasteiger partial charge is 0.261 e. The Labute approximate surface area is 173 Å². The standard InChI is InChI=1S/C21H18ClFN2O3S/c1-13-9-14(2)11-15(10-13)25-29(27,28)16-7-8-20(19(23)12-16)24-21(26)17-5-3-4-6-18(17)22/h3-12,25H,1-2H3,(H,24,26). The maximum atomic E-state index is 14.5. The molecule has 0 saturated carbocycles. The third-order valence-corrected chi connectivity index (χ3v) is 5.80. The van der Waals surface area contributed by atoms with Crippen molar-refractivity contribution in [3.8, 4) is 0 Å². The van der Waals surface area contributed by atoms with E-state index in [0.717, 1.165) is 17.2 Å². The van der Waals surface area contributed by atoms with Crippen LogP contribution in [0.2, 0.25) is 5.02 Å². The summed E-state index contributed by atoms with van der Waals surface area (Å²) in [5, 5.41) is 2.62. The number of benzene rings is 3. The summed E-state index contributed by atoms with van der Waals surface area (Å²) >= 11 is 5.97. The van der Waals surface area contributed by atoms with Crippen LogP contribution in [-0.2, 0) is 10.0 Å². The van der Waals surface area contributed by atoms with Crippen LogP contribution < -0.4 is 10.0 Å². The van der Waals surface area contributed by atoms with E-state index in [4.69, 9.17) is 11.6 Å². The highest BCUT2D eigenvalue weighted by atomic mass is 35.5. The number of aryl methyl sites for hydroxylation is 2. The number of hydrogen-bond acceptors (Lipinski definition) is 3. The summed E-state index contributed by atoms with van der Waals surface area (Å²) in [5.74, 6) is -1.48. The summed E-state index contributed by atoms with van der Waals surface area (Å²) in [7, 11) is -4.00. The van der Waals surface area contributed by atoms with Crippen molar-refractivity contribution in [1.29, 1.82) is 0 Å². The van der Waals surface area contributed by atoms with E-state index in [2.05, 4.69) is 10.0 Å². The molecule has 3 aromatic carbocycles. The van der Waals surface area contributed by atoms with E-state index in [1.807, 2.05) is 19.9 Å². The predicted octanol–water partition coefficient (Wildman–Crippen LogP) is 5.15. The largest absolute Gasteiger partial charge is 0.319 e. The number of anilines is 2. The highest BCUT2D eigenvalue weighted by molar-refractivity contribution is 7.92. The van der Waals surface area contributed by atoms with Crippen molar-refractivity contribution in [2.24, 2.45) is 0 Å². The van der Waals surface area contributed by atoms with E-state index in [-0.39, 0.29) is 21.2 Å². The maximum Gasteiger partial charge on any atom is 0.261 e. The highest BCUT2D eigenvalue weighted by Gasteiger charge is 2.18. The van der Waals surface area contributed by atoms with Crippen molar-refractivity contribution in [3.63, 3.8) is 0 Å². The Morgan fingerprint density at radius 2 is 1.62 bits per heavy atom. The van der Waals surface area contributed by atoms with Crippen LogP contribution in [0.4, 0.5) is 15.8 Å². The molecule has 1 amide bonds. The minimum Gasteiger partial charge on any atom is -0.319 e. The average molecular weight is 433 g/mol. The summed E-state index contributed by atoms with van der Waals surface area (Å²) in [6.07, 6.45) is 0. The van der Waals surface area contributed by atoms with Crippen LogP contribution in [0.3, 0.4) is 0 Å². The lowest BCUT2D eigenvalue weighted by molar-refractivity contribution is 0.102. The van der Waals surface area contributed by atoms with Crippen molar-refractivity contribution in [2.45, 2.75) is 18.7 Å². The summed E-state index contributed by atoms with van der Waals surface area (Å²) in [5.41, 5.74) is 2.21. The Morgan fingerprint density at radius 1 is 0.966 bits per heavy atom. The molecule has 0 atom stereocenters. The predicted molar refractivity (Wildman–Crippen MR) is 113 cm³/mol. The third kappa shape index (κ3) is 4.93. The number of carbonyl (C=O) groups is 1. The first-order chi connectivity index (χ1) is 13.7. The van der Waals surface area contributed by atoms with E-state index in [9.17, 15) is 17.6 Å². The van der Waals surface area contributed by atoms with E-state index in [1.54, 1.807) is 30.3 Å². The highest BCUT2D eigenvalue weighted by Crippen LogP contribution is 2.24. The second-order valence-corrected chi connectivity index (χ2v) is 8.65. The number of amides is 1. The molecule has 0 aromatic heterocycles. The summed E-state index contributed by atoms with van der Waals surface area (Å²) in [4.78, 5) is 12.0. The van der Waals surface area contributed by atoms with Gasteiger partial charge in [-0.25, -0.2) is 12.8 Å². The van der Waals surface area contributed by atoms with Crippen LogP contribution in [0.5, 0.6) is 0 Å². The second-order valence-electron chi connectivity index (χ2n) is 6.56. The Hall–Kier alpha value is -2.90. The number of rotatable bonds is 5. The molecule has 0 unspecified atom stereocenters. The first-order valence-electron chi connectivity index (χ1n) is 8.62. The van der Waals surface area contributed by atoms with Gasteiger partial charge in [0.1, 0.15) is 5.82 Å². The Bertz CT molecular complexity index is 1180. The first-order valence-corrected chi connectivity index (χ1v) is 10.5. The number of nitrogens with one attached hydrogen (secondary N) is 2. The fourth-order valence-corrected chi connectivity index (χ4v) is 4.12. The van der Waals surface area contributed by atoms with Crippen molar-refractivity contribution >= 4 is 38.9 Å². The molecular weight excluding hydrogens is 415 g/mol. The average Bonchev–Trinajstić information content (AvgIpc) is 2.62. The van der Waals surface area contributed by atoms with Gasteiger partial charge in [0, 0.05) is 5.69 Å². The van der Waals surface area contributed by atoms with Gasteiger partial charge in [-0.1, -0.05) is 29.8 Å². The maximum absolute atomic E-state index is 14.5. The number of halogens is 2. The molecule has 150 valence electrons. The van der Waals surface area contributed by atoms with Gasteiger partial charge < -0.3 is 5.32 Å². The van der Waals surface area contributed by atoms with E-state index < -0.39 is 21.7 Å². The van der Waals surface area contributed by atoms with Crippen molar-refractivity contribution in [3.05, 3.63) is 88.2 Å². The van der Waals surface area contributed by atoms with Crippen molar-refractivity contribution < 1.29 is 17.6 Å². The topological polar surface area (TPSA) is 75.3 Å². The van der Waals surface area contributed by atoms with E-state index in [1.165, 1.54) is 18.2 Å². The zero-order valence-corrected chi connectivity index (χ0v) is 17.2. The molecule has 0 fully saturated rings. The van der Waals surface area contributed by atoms with E-state index in [0.29, 0.717) is 5.69 Å². The summed E-state index contributed by atoms with van der Waals surface area (Å²) in [6, 6.07) is 14.9. The van der Waals surface area contributed by atoms with Gasteiger partial charge in [-0.05, 0) is 67.4 Å². The first kappa shape index (κ1) is 20.8. The molecule has 29 heavy (non-hydrogen) atoms. The van der Waals surface area contributed by atoms with Gasteiger partial charge in [-0.15, -0.1) is 0 Å². The quantitative estimate of drug-likeness (QED) is 0.585. The zero-order chi connectivity index (χ0) is 21.2. The molecule has 0 aliphatic heterocycles. The lowest BCUT2D eigenvalue weighted by Gasteiger charge is -2.12. The van der Waals surface area contributed by atoms with Crippen LogP contribution in [0.25, 0.3) is 0 Å². The monoisotopic (exact) mass is 432 g/mol. The van der Waals surface area contributed by atoms with Crippen LogP contribution in [0.1, 0.15) is 21.5 Å². The van der Waals surface area contributed by atoms with Gasteiger partial charge >= 0.3 is 0 Å². The van der Waals surface area contributed by atoms with Crippen LogP contribution >= 0.6 is 11.6 Å². The molecule has 0 aliphatic rings. The molecule has 0 aliphatic carbocycles. The normalized spacial score (nSPS) is 11.2. The van der Waals surface area contributed by atoms with E-state index >= 15 is 0 Å². The molecule has 5 nitrogen and oxygen atoms in total. The number of sulfonamides is 1. The molecule has 0 spiro atoms. The second kappa shape index (κ2) is 8.23. The Balaban J connectivity index is 1.83. The molecule has 8 heteroatoms. The van der Waals surface area contributed by atoms with Gasteiger partial charge in [-0.3, -0.25) is 9.52 Å². The van der Waals surface area contributed by atoms with Crippen LogP contribution in [0, 0.1) is 19.7 Å². The fraction of sp³-hybridized carbons (Fsp3) is 0.0952. The molecule has 0 saturated heterocycles. The minimum atomic E-state index is -4.00. The number of hydrogen-bond donors (Lipinski definition) is 2. The van der Waals surface area contributed by atoms with Gasteiger partial charge in [0.05, 0.1) is 21.2 Å². The molecule has 0 bridgehead atoms. The summed E-state index contributed by atoms with van der Waals surface area (Å²) in [6.45, 7) is 3.70. The van der Waals surface area contributed by atoms with Gasteiger partial charge in [0.25, 0.3) is 15.9 Å².